The molecule has 1 aromatic carbocycles. The van der Waals surface area contributed by atoms with Crippen LogP contribution in [0.1, 0.15) is 30.6 Å². The molecule has 2 heterocycles. The van der Waals surface area contributed by atoms with Crippen molar-refractivity contribution >= 4 is 22.9 Å². The van der Waals surface area contributed by atoms with Crippen LogP contribution in [0, 0.1) is 5.92 Å². The van der Waals surface area contributed by atoms with Gasteiger partial charge in [0.1, 0.15) is 5.52 Å². The van der Waals surface area contributed by atoms with E-state index in [1.54, 1.807) is 23.1 Å². The number of fused-ring (bicyclic) bond motifs is 1. The van der Waals surface area contributed by atoms with Gasteiger partial charge in [0.2, 0.25) is 5.91 Å². The summed E-state index contributed by atoms with van der Waals surface area (Å²) in [5.41, 5.74) is 1.95. The Labute approximate surface area is 135 Å². The largest absolute Gasteiger partial charge is 0.443 e. The number of aromatic nitrogens is 1. The minimum atomic E-state index is -0.0285. The van der Waals surface area contributed by atoms with Gasteiger partial charge in [-0.2, -0.15) is 0 Å². The molecule has 3 rings (SSSR count). The fourth-order valence-corrected chi connectivity index (χ4v) is 2.81. The van der Waals surface area contributed by atoms with E-state index < -0.39 is 0 Å². The standard InChI is InChI=1S/C17H21N3O3/c1-12(2)9-16(21)19-5-7-20(8-6-19)17(22)13-3-4-14-15(10-13)23-11-18-14/h3-4,10-12H,5-9H2,1-2H3. The SMILES string of the molecule is CC(C)CC(=O)N1CCN(C(=O)c2ccc3ncoc3c2)CC1. The third kappa shape index (κ3) is 3.36. The van der Waals surface area contributed by atoms with Crippen LogP contribution in [0.15, 0.2) is 29.0 Å². The van der Waals surface area contributed by atoms with Crippen molar-refractivity contribution in [3.05, 3.63) is 30.2 Å². The van der Waals surface area contributed by atoms with Gasteiger partial charge in [-0.1, -0.05) is 13.8 Å². The molecule has 0 N–H and O–H groups in total. The highest BCUT2D eigenvalue weighted by Crippen LogP contribution is 2.17. The van der Waals surface area contributed by atoms with E-state index in [1.165, 1.54) is 6.39 Å². The molecule has 0 atom stereocenters. The maximum absolute atomic E-state index is 12.6. The van der Waals surface area contributed by atoms with Crippen LogP contribution in [0.25, 0.3) is 11.1 Å². The van der Waals surface area contributed by atoms with Gasteiger partial charge in [-0.05, 0) is 24.1 Å². The van der Waals surface area contributed by atoms with Gasteiger partial charge in [0.25, 0.3) is 5.91 Å². The summed E-state index contributed by atoms with van der Waals surface area (Å²) in [5.74, 6) is 0.505. The molecule has 1 fully saturated rings. The summed E-state index contributed by atoms with van der Waals surface area (Å²) >= 11 is 0. The van der Waals surface area contributed by atoms with Crippen molar-refractivity contribution in [3.8, 4) is 0 Å². The summed E-state index contributed by atoms with van der Waals surface area (Å²) in [4.78, 5) is 32.3. The first-order chi connectivity index (χ1) is 11.0. The second kappa shape index (κ2) is 6.40. The molecule has 6 heteroatoms. The van der Waals surface area contributed by atoms with E-state index >= 15 is 0 Å². The fourth-order valence-electron chi connectivity index (χ4n) is 2.81. The minimum absolute atomic E-state index is 0.0285. The lowest BCUT2D eigenvalue weighted by atomic mass is 10.1. The molecular formula is C17H21N3O3. The Morgan fingerprint density at radius 3 is 2.57 bits per heavy atom. The lowest BCUT2D eigenvalue weighted by Gasteiger charge is -2.35. The van der Waals surface area contributed by atoms with Crippen molar-refractivity contribution in [3.63, 3.8) is 0 Å². The van der Waals surface area contributed by atoms with Crippen molar-refractivity contribution in [2.45, 2.75) is 20.3 Å². The first-order valence-electron chi connectivity index (χ1n) is 7.95. The molecule has 6 nitrogen and oxygen atoms in total. The second-order valence-corrected chi connectivity index (χ2v) is 6.31. The molecule has 0 spiro atoms. The highest BCUT2D eigenvalue weighted by Gasteiger charge is 2.25. The van der Waals surface area contributed by atoms with Gasteiger partial charge in [0.15, 0.2) is 12.0 Å². The van der Waals surface area contributed by atoms with Gasteiger partial charge in [-0.3, -0.25) is 9.59 Å². The molecule has 122 valence electrons. The van der Waals surface area contributed by atoms with E-state index in [-0.39, 0.29) is 11.8 Å². The first-order valence-corrected chi connectivity index (χ1v) is 7.95. The van der Waals surface area contributed by atoms with Gasteiger partial charge in [-0.15, -0.1) is 0 Å². The Balaban J connectivity index is 1.62. The molecule has 2 amide bonds. The smallest absolute Gasteiger partial charge is 0.254 e. The molecule has 1 aliphatic rings. The minimum Gasteiger partial charge on any atom is -0.443 e. The van der Waals surface area contributed by atoms with Crippen LogP contribution in [0.2, 0.25) is 0 Å². The van der Waals surface area contributed by atoms with Crippen LogP contribution in [-0.2, 0) is 4.79 Å². The Bertz CT molecular complexity index is 715. The summed E-state index contributed by atoms with van der Waals surface area (Å²) in [7, 11) is 0. The number of benzene rings is 1. The third-order valence-electron chi connectivity index (χ3n) is 4.08. The number of nitrogens with zero attached hydrogens (tertiary/aromatic N) is 3. The van der Waals surface area contributed by atoms with E-state index in [4.69, 9.17) is 4.42 Å². The van der Waals surface area contributed by atoms with Gasteiger partial charge < -0.3 is 14.2 Å². The molecule has 0 radical (unpaired) electrons. The normalized spacial score (nSPS) is 15.4. The third-order valence-corrected chi connectivity index (χ3v) is 4.08. The summed E-state index contributed by atoms with van der Waals surface area (Å²) in [6.07, 6.45) is 1.94. The quantitative estimate of drug-likeness (QED) is 0.870. The molecule has 1 saturated heterocycles. The summed E-state index contributed by atoms with van der Waals surface area (Å²) in [5, 5.41) is 0. The van der Waals surface area contributed by atoms with E-state index in [0.29, 0.717) is 49.7 Å². The maximum Gasteiger partial charge on any atom is 0.254 e. The molecular weight excluding hydrogens is 294 g/mol. The Morgan fingerprint density at radius 2 is 1.87 bits per heavy atom. The Kier molecular flexibility index (Phi) is 4.32. The van der Waals surface area contributed by atoms with Crippen molar-refractivity contribution in [1.82, 2.24) is 14.8 Å². The predicted molar refractivity (Wildman–Crippen MR) is 85.9 cm³/mol. The number of amides is 2. The number of piperazine rings is 1. The number of hydrogen-bond donors (Lipinski definition) is 0. The molecule has 0 unspecified atom stereocenters. The molecule has 0 aliphatic carbocycles. The van der Waals surface area contributed by atoms with Crippen LogP contribution >= 0.6 is 0 Å². The highest BCUT2D eigenvalue weighted by atomic mass is 16.3. The van der Waals surface area contributed by atoms with E-state index in [9.17, 15) is 9.59 Å². The summed E-state index contributed by atoms with van der Waals surface area (Å²) in [6.45, 7) is 6.41. The first kappa shape index (κ1) is 15.5. The van der Waals surface area contributed by atoms with Crippen LogP contribution in [0.3, 0.4) is 0 Å². The van der Waals surface area contributed by atoms with Crippen LogP contribution in [0.4, 0.5) is 0 Å². The lowest BCUT2D eigenvalue weighted by Crippen LogP contribution is -2.50. The zero-order chi connectivity index (χ0) is 16.4. The van der Waals surface area contributed by atoms with E-state index in [1.807, 2.05) is 18.7 Å². The molecule has 1 aromatic heterocycles. The topological polar surface area (TPSA) is 66.7 Å². The monoisotopic (exact) mass is 315 g/mol. The molecule has 23 heavy (non-hydrogen) atoms. The Hall–Kier alpha value is -2.37. The number of hydrogen-bond acceptors (Lipinski definition) is 4. The molecule has 0 bridgehead atoms. The predicted octanol–water partition coefficient (Wildman–Crippen LogP) is 2.16. The van der Waals surface area contributed by atoms with Crippen molar-refractivity contribution in [1.29, 1.82) is 0 Å². The lowest BCUT2D eigenvalue weighted by molar-refractivity contribution is -0.133. The zero-order valence-corrected chi connectivity index (χ0v) is 13.5. The van der Waals surface area contributed by atoms with Gasteiger partial charge >= 0.3 is 0 Å². The zero-order valence-electron chi connectivity index (χ0n) is 13.5. The average molecular weight is 315 g/mol. The van der Waals surface area contributed by atoms with E-state index in [0.717, 1.165) is 5.52 Å². The maximum atomic E-state index is 12.6. The number of carbonyl (C=O) groups is 2. The van der Waals surface area contributed by atoms with Crippen molar-refractivity contribution in [2.24, 2.45) is 5.92 Å². The second-order valence-electron chi connectivity index (χ2n) is 6.31. The molecule has 2 aromatic rings. The number of oxazole rings is 1. The van der Waals surface area contributed by atoms with Crippen LogP contribution in [0.5, 0.6) is 0 Å². The van der Waals surface area contributed by atoms with E-state index in [2.05, 4.69) is 4.98 Å². The summed E-state index contributed by atoms with van der Waals surface area (Å²) < 4.78 is 5.25. The Morgan fingerprint density at radius 1 is 1.17 bits per heavy atom. The fraction of sp³-hybridized carbons (Fsp3) is 0.471. The van der Waals surface area contributed by atoms with Gasteiger partial charge in [0, 0.05) is 38.2 Å². The highest BCUT2D eigenvalue weighted by molar-refractivity contribution is 5.97. The summed E-state index contributed by atoms with van der Waals surface area (Å²) in [6, 6.07) is 5.28. The van der Waals surface area contributed by atoms with Crippen molar-refractivity contribution in [2.75, 3.05) is 26.2 Å². The molecule has 0 saturated carbocycles. The average Bonchev–Trinajstić information content (AvgIpc) is 3.01. The van der Waals surface area contributed by atoms with Gasteiger partial charge in [-0.25, -0.2) is 4.98 Å². The number of carbonyl (C=O) groups excluding carboxylic acids is 2. The van der Waals surface area contributed by atoms with Crippen LogP contribution < -0.4 is 0 Å². The van der Waals surface area contributed by atoms with Crippen LogP contribution in [-0.4, -0.2) is 52.8 Å². The molecule has 1 aliphatic heterocycles. The van der Waals surface area contributed by atoms with Crippen molar-refractivity contribution < 1.29 is 14.0 Å². The van der Waals surface area contributed by atoms with Gasteiger partial charge in [0.05, 0.1) is 0 Å². The number of rotatable bonds is 3.